The third-order valence-electron chi connectivity index (χ3n) is 11.8. The Morgan fingerprint density at radius 1 is 0.267 bits per heavy atom. The van der Waals surface area contributed by atoms with Gasteiger partial charge >= 0.3 is 0 Å². The molecule has 60 heavy (non-hydrogen) atoms. The molecule has 0 saturated heterocycles. The van der Waals surface area contributed by atoms with Crippen LogP contribution >= 0.6 is 0 Å². The van der Waals surface area contributed by atoms with Crippen LogP contribution in [-0.4, -0.2) is 4.57 Å². The maximum Gasteiger partial charge on any atom is 0.0541 e. The van der Waals surface area contributed by atoms with Gasteiger partial charge in [0.25, 0.3) is 0 Å². The molecular weight excluding hydrogens is 725 g/mol. The van der Waals surface area contributed by atoms with Crippen molar-refractivity contribution in [2.75, 3.05) is 4.90 Å². The average Bonchev–Trinajstić information content (AvgIpc) is 3.67. The van der Waals surface area contributed by atoms with E-state index >= 15 is 0 Å². The van der Waals surface area contributed by atoms with Crippen LogP contribution in [-0.2, 0) is 0 Å². The van der Waals surface area contributed by atoms with E-state index in [4.69, 9.17) is 0 Å². The minimum Gasteiger partial charge on any atom is -0.311 e. The molecule has 1 heterocycles. The van der Waals surface area contributed by atoms with Crippen LogP contribution in [0.25, 0.3) is 82.8 Å². The zero-order chi connectivity index (χ0) is 39.8. The summed E-state index contributed by atoms with van der Waals surface area (Å²) in [7, 11) is 0. The highest BCUT2D eigenvalue weighted by molar-refractivity contribution is 6.09. The van der Waals surface area contributed by atoms with Gasteiger partial charge in [-0.15, -0.1) is 0 Å². The second-order valence-electron chi connectivity index (χ2n) is 15.4. The zero-order valence-corrected chi connectivity index (χ0v) is 33.0. The molecule has 0 atom stereocenters. The minimum absolute atomic E-state index is 1.09. The van der Waals surface area contributed by atoms with Crippen molar-refractivity contribution in [1.29, 1.82) is 0 Å². The molecule has 2 nitrogen and oxygen atoms in total. The van der Waals surface area contributed by atoms with Crippen molar-refractivity contribution < 1.29 is 0 Å². The van der Waals surface area contributed by atoms with Gasteiger partial charge in [0, 0.05) is 33.5 Å². The van der Waals surface area contributed by atoms with E-state index in [0.29, 0.717) is 0 Å². The monoisotopic (exact) mass is 764 g/mol. The van der Waals surface area contributed by atoms with Crippen LogP contribution in [0.1, 0.15) is 0 Å². The van der Waals surface area contributed by atoms with Crippen molar-refractivity contribution in [1.82, 2.24) is 4.57 Å². The molecule has 282 valence electrons. The number of fused-ring (bicyclic) bond motifs is 4. The Hall–Kier alpha value is -7.94. The van der Waals surface area contributed by atoms with Crippen molar-refractivity contribution in [3.05, 3.63) is 243 Å². The molecule has 0 bridgehead atoms. The van der Waals surface area contributed by atoms with Gasteiger partial charge in [-0.3, -0.25) is 0 Å². The first-order valence-corrected chi connectivity index (χ1v) is 20.6. The Labute approximate surface area is 350 Å². The fourth-order valence-electron chi connectivity index (χ4n) is 8.83. The molecule has 0 amide bonds. The van der Waals surface area contributed by atoms with E-state index in [2.05, 4.69) is 252 Å². The molecule has 11 aromatic rings. The molecule has 0 fully saturated rings. The van der Waals surface area contributed by atoms with E-state index in [0.717, 1.165) is 22.7 Å². The summed E-state index contributed by atoms with van der Waals surface area (Å²) in [5.41, 5.74) is 16.5. The van der Waals surface area contributed by atoms with Gasteiger partial charge in [0.2, 0.25) is 0 Å². The molecule has 0 aliphatic rings. The van der Waals surface area contributed by atoms with Crippen molar-refractivity contribution >= 4 is 49.6 Å². The van der Waals surface area contributed by atoms with Gasteiger partial charge in [0.1, 0.15) is 0 Å². The molecular formula is C58H40N2. The lowest BCUT2D eigenvalue weighted by atomic mass is 9.95. The highest BCUT2D eigenvalue weighted by Crippen LogP contribution is 2.39. The number of anilines is 3. The number of rotatable bonds is 8. The Morgan fingerprint density at radius 3 is 1.27 bits per heavy atom. The summed E-state index contributed by atoms with van der Waals surface area (Å²) >= 11 is 0. The molecule has 1 aromatic heterocycles. The summed E-state index contributed by atoms with van der Waals surface area (Å²) in [5.74, 6) is 0. The normalized spacial score (nSPS) is 11.3. The molecule has 0 saturated carbocycles. The predicted octanol–water partition coefficient (Wildman–Crippen LogP) is 16.1. The van der Waals surface area contributed by atoms with E-state index in [1.807, 2.05) is 0 Å². The summed E-state index contributed by atoms with van der Waals surface area (Å²) in [4.78, 5) is 2.36. The third kappa shape index (κ3) is 6.41. The molecule has 0 radical (unpaired) electrons. The van der Waals surface area contributed by atoms with Crippen LogP contribution in [0, 0.1) is 0 Å². The molecule has 10 aromatic carbocycles. The first-order valence-electron chi connectivity index (χ1n) is 20.6. The van der Waals surface area contributed by atoms with Crippen LogP contribution in [0.4, 0.5) is 17.1 Å². The summed E-state index contributed by atoms with van der Waals surface area (Å²) in [6.45, 7) is 0. The molecule has 0 aliphatic heterocycles. The molecule has 11 rings (SSSR count). The number of para-hydroxylation sites is 2. The van der Waals surface area contributed by atoms with Gasteiger partial charge in [-0.05, 0) is 122 Å². The van der Waals surface area contributed by atoms with Crippen molar-refractivity contribution in [2.45, 2.75) is 0 Å². The van der Waals surface area contributed by atoms with Gasteiger partial charge in [-0.2, -0.15) is 0 Å². The Kier molecular flexibility index (Phi) is 8.87. The number of aromatic nitrogens is 1. The lowest BCUT2D eigenvalue weighted by molar-refractivity contribution is 1.17. The predicted molar refractivity (Wildman–Crippen MR) is 255 cm³/mol. The number of hydrogen-bond acceptors (Lipinski definition) is 1. The van der Waals surface area contributed by atoms with Crippen molar-refractivity contribution in [3.63, 3.8) is 0 Å². The van der Waals surface area contributed by atoms with E-state index in [9.17, 15) is 0 Å². The van der Waals surface area contributed by atoms with Crippen molar-refractivity contribution in [2.24, 2.45) is 0 Å². The molecule has 0 unspecified atom stereocenters. The molecule has 0 spiro atoms. The third-order valence-corrected chi connectivity index (χ3v) is 11.8. The van der Waals surface area contributed by atoms with Gasteiger partial charge in [0.15, 0.2) is 0 Å². The quantitative estimate of drug-likeness (QED) is 0.150. The van der Waals surface area contributed by atoms with Crippen LogP contribution in [0.15, 0.2) is 243 Å². The summed E-state index contributed by atoms with van der Waals surface area (Å²) in [6, 6.07) is 87.8. The first kappa shape index (κ1) is 35.2. The Balaban J connectivity index is 0.961. The fraction of sp³-hybridized carbons (Fsp3) is 0. The zero-order valence-electron chi connectivity index (χ0n) is 33.0. The van der Waals surface area contributed by atoms with E-state index in [-0.39, 0.29) is 0 Å². The molecule has 2 heteroatoms. The SMILES string of the molecule is c1ccc(-c2ccc(-c3ccc(N(c4ccc(-c5cccc(-c6cccc7ccccc67)c5)cc4)c4ccc(-n5c6ccccc6c6ccccc65)cc4)cc3)cc2)cc1. The Bertz CT molecular complexity index is 3210. The fourth-order valence-corrected chi connectivity index (χ4v) is 8.83. The highest BCUT2D eigenvalue weighted by atomic mass is 15.1. The van der Waals surface area contributed by atoms with E-state index < -0.39 is 0 Å². The maximum absolute atomic E-state index is 2.37. The van der Waals surface area contributed by atoms with Gasteiger partial charge < -0.3 is 9.47 Å². The summed E-state index contributed by atoms with van der Waals surface area (Å²) in [5, 5.41) is 5.04. The first-order chi connectivity index (χ1) is 29.7. The number of benzene rings is 10. The highest BCUT2D eigenvalue weighted by Gasteiger charge is 2.16. The largest absolute Gasteiger partial charge is 0.311 e. The number of hydrogen-bond donors (Lipinski definition) is 0. The second kappa shape index (κ2) is 15.1. The average molecular weight is 765 g/mol. The van der Waals surface area contributed by atoms with Crippen LogP contribution < -0.4 is 4.90 Å². The van der Waals surface area contributed by atoms with E-state index in [1.54, 1.807) is 0 Å². The molecule has 0 aliphatic carbocycles. The van der Waals surface area contributed by atoms with Crippen LogP contribution in [0.3, 0.4) is 0 Å². The lowest BCUT2D eigenvalue weighted by Gasteiger charge is -2.26. The molecule has 0 N–H and O–H groups in total. The van der Waals surface area contributed by atoms with Crippen LogP contribution in [0.2, 0.25) is 0 Å². The standard InChI is InChI=1S/C58H40N2/c1-2-12-41(13-3-1)42-24-26-43(27-25-42)44-28-32-49(33-29-44)59(51-36-38-52(39-37-51)60-57-22-8-6-19-55(57)56-20-7-9-23-58(56)60)50-34-30-45(31-35-50)47-16-10-17-48(40-47)54-21-11-15-46-14-4-5-18-53(46)54/h1-40H. The van der Waals surface area contributed by atoms with Crippen LogP contribution in [0.5, 0.6) is 0 Å². The topological polar surface area (TPSA) is 8.17 Å². The van der Waals surface area contributed by atoms with Gasteiger partial charge in [-0.25, -0.2) is 0 Å². The lowest BCUT2D eigenvalue weighted by Crippen LogP contribution is -2.10. The summed E-state index contributed by atoms with van der Waals surface area (Å²) in [6.07, 6.45) is 0. The minimum atomic E-state index is 1.09. The van der Waals surface area contributed by atoms with Gasteiger partial charge in [-0.1, -0.05) is 176 Å². The smallest absolute Gasteiger partial charge is 0.0541 e. The maximum atomic E-state index is 2.37. The Morgan fingerprint density at radius 2 is 0.667 bits per heavy atom. The van der Waals surface area contributed by atoms with E-state index in [1.165, 1.54) is 77.1 Å². The van der Waals surface area contributed by atoms with Crippen molar-refractivity contribution in [3.8, 4) is 50.2 Å². The number of nitrogens with zero attached hydrogens (tertiary/aromatic N) is 2. The summed E-state index contributed by atoms with van der Waals surface area (Å²) < 4.78 is 2.37. The second-order valence-corrected chi connectivity index (χ2v) is 15.4. The van der Waals surface area contributed by atoms with Gasteiger partial charge in [0.05, 0.1) is 11.0 Å².